The number of nitriles is 1. The molecule has 224 valence electrons. The molecule has 2 amide bonds. The first-order valence-corrected chi connectivity index (χ1v) is 14.3. The van der Waals surface area contributed by atoms with Crippen molar-refractivity contribution in [2.24, 2.45) is 0 Å². The number of ether oxygens (including phenoxy) is 1. The number of nitrogen functional groups attached to an aromatic ring is 1. The second-order valence-electron chi connectivity index (χ2n) is 11.1. The Morgan fingerprint density at radius 1 is 1.19 bits per heavy atom. The van der Waals surface area contributed by atoms with Gasteiger partial charge in [-0.1, -0.05) is 42.5 Å². The molecule has 0 bridgehead atoms. The Hall–Kier alpha value is -4.89. The molecule has 2 aromatic carbocycles. The van der Waals surface area contributed by atoms with Crippen molar-refractivity contribution >= 4 is 45.5 Å². The quantitative estimate of drug-likeness (QED) is 0.352. The van der Waals surface area contributed by atoms with Gasteiger partial charge in [0.25, 0.3) is 5.91 Å². The van der Waals surface area contributed by atoms with Gasteiger partial charge in [0.05, 0.1) is 18.5 Å². The Kier molecular flexibility index (Phi) is 8.63. The fourth-order valence-corrected chi connectivity index (χ4v) is 5.84. The lowest BCUT2D eigenvalue weighted by atomic mass is 9.98. The van der Waals surface area contributed by atoms with Crippen LogP contribution in [-0.4, -0.2) is 88.8 Å². The van der Waals surface area contributed by atoms with Crippen LogP contribution in [0.5, 0.6) is 6.01 Å². The summed E-state index contributed by atoms with van der Waals surface area (Å²) in [7, 11) is 2.04. The molecule has 0 saturated carbocycles. The van der Waals surface area contributed by atoms with Crippen molar-refractivity contribution in [2.75, 3.05) is 55.8 Å². The minimum absolute atomic E-state index is 0.00460. The third-order valence-electron chi connectivity index (χ3n) is 8.16. The molecule has 2 unspecified atom stereocenters. The molecule has 2 saturated heterocycles. The van der Waals surface area contributed by atoms with E-state index in [2.05, 4.69) is 32.8 Å². The third-order valence-corrected chi connectivity index (χ3v) is 8.16. The molecule has 5 rings (SSSR count). The number of likely N-dealkylation sites (tertiary alicyclic amines) is 1. The molecule has 12 heteroatoms. The largest absolute Gasteiger partial charge is 0.465 e. The van der Waals surface area contributed by atoms with E-state index in [9.17, 15) is 20.0 Å². The van der Waals surface area contributed by atoms with Crippen molar-refractivity contribution in [1.82, 2.24) is 19.8 Å². The molecule has 1 aromatic heterocycles. The Balaban J connectivity index is 1.51. The summed E-state index contributed by atoms with van der Waals surface area (Å²) in [4.78, 5) is 39.9. The Labute approximate surface area is 250 Å². The number of carboxylic acid groups (broad SMARTS) is 1. The van der Waals surface area contributed by atoms with E-state index in [1.165, 1.54) is 4.90 Å². The van der Waals surface area contributed by atoms with Crippen LogP contribution in [0.2, 0.25) is 0 Å². The SMILES string of the molecule is C=C(C)c1cccc2cccc(NC(=O)c3nc(OCC4CCCN4C)nc(N4CCN(C(=O)O)C(CC#N)C4)c3N)c12. The van der Waals surface area contributed by atoms with Crippen LogP contribution in [0.25, 0.3) is 16.3 Å². The first kappa shape index (κ1) is 29.6. The van der Waals surface area contributed by atoms with Gasteiger partial charge >= 0.3 is 12.1 Å². The molecule has 12 nitrogen and oxygen atoms in total. The first-order valence-electron chi connectivity index (χ1n) is 14.3. The molecule has 4 N–H and O–H groups in total. The molecule has 0 aliphatic carbocycles. The molecular weight excluding hydrogens is 548 g/mol. The van der Waals surface area contributed by atoms with E-state index in [0.717, 1.165) is 41.3 Å². The van der Waals surface area contributed by atoms with Gasteiger partial charge in [-0.3, -0.25) is 4.79 Å². The number of hydrogen-bond donors (Lipinski definition) is 3. The molecule has 2 aliphatic rings. The van der Waals surface area contributed by atoms with Crippen molar-refractivity contribution in [3.05, 3.63) is 54.2 Å². The number of hydrogen-bond acceptors (Lipinski definition) is 9. The van der Waals surface area contributed by atoms with Gasteiger partial charge in [0, 0.05) is 36.7 Å². The smallest absolute Gasteiger partial charge is 0.407 e. The normalized spacial score (nSPS) is 18.8. The van der Waals surface area contributed by atoms with Crippen molar-refractivity contribution in [1.29, 1.82) is 5.26 Å². The number of piperazine rings is 1. The number of amides is 2. The highest BCUT2D eigenvalue weighted by molar-refractivity contribution is 6.13. The lowest BCUT2D eigenvalue weighted by molar-refractivity contribution is 0.102. The van der Waals surface area contributed by atoms with Crippen LogP contribution in [-0.2, 0) is 0 Å². The molecular formula is C31H36N8O4. The van der Waals surface area contributed by atoms with E-state index in [0.29, 0.717) is 12.3 Å². The molecule has 3 aromatic rings. The zero-order chi connectivity index (χ0) is 30.7. The van der Waals surface area contributed by atoms with Gasteiger partial charge in [-0.05, 0) is 50.4 Å². The van der Waals surface area contributed by atoms with E-state index in [1.54, 1.807) is 4.90 Å². The number of nitrogens with zero attached hydrogens (tertiary/aromatic N) is 6. The molecule has 43 heavy (non-hydrogen) atoms. The number of allylic oxidation sites excluding steroid dienone is 1. The lowest BCUT2D eigenvalue weighted by Gasteiger charge is -2.40. The van der Waals surface area contributed by atoms with E-state index in [1.807, 2.05) is 50.4 Å². The predicted molar refractivity (Wildman–Crippen MR) is 165 cm³/mol. The number of nitrogens with two attached hydrogens (primary N) is 1. The summed E-state index contributed by atoms with van der Waals surface area (Å²) < 4.78 is 6.05. The zero-order valence-electron chi connectivity index (χ0n) is 24.4. The second kappa shape index (κ2) is 12.5. The van der Waals surface area contributed by atoms with Gasteiger partial charge in [-0.2, -0.15) is 15.2 Å². The number of nitrogens with one attached hydrogen (secondary N) is 1. The number of carbonyl (C=O) groups is 2. The number of anilines is 3. The van der Waals surface area contributed by atoms with Crippen molar-refractivity contribution < 1.29 is 19.4 Å². The number of carbonyl (C=O) groups excluding carboxylic acids is 1. The van der Waals surface area contributed by atoms with Crippen LogP contribution in [0, 0.1) is 11.3 Å². The van der Waals surface area contributed by atoms with E-state index in [-0.39, 0.29) is 55.3 Å². The van der Waals surface area contributed by atoms with Gasteiger partial charge in [0.1, 0.15) is 12.3 Å². The number of rotatable bonds is 8. The Morgan fingerprint density at radius 3 is 2.63 bits per heavy atom. The van der Waals surface area contributed by atoms with Crippen LogP contribution >= 0.6 is 0 Å². The average molecular weight is 585 g/mol. The highest BCUT2D eigenvalue weighted by Gasteiger charge is 2.33. The maximum Gasteiger partial charge on any atom is 0.407 e. The van der Waals surface area contributed by atoms with Crippen LogP contribution in [0.15, 0.2) is 43.0 Å². The summed E-state index contributed by atoms with van der Waals surface area (Å²) in [6.07, 6.45) is 0.955. The van der Waals surface area contributed by atoms with Gasteiger partial charge in [0.2, 0.25) is 0 Å². The van der Waals surface area contributed by atoms with Gasteiger partial charge < -0.3 is 35.6 Å². The maximum atomic E-state index is 13.9. The fraction of sp³-hybridized carbons (Fsp3) is 0.387. The number of aromatic nitrogens is 2. The minimum Gasteiger partial charge on any atom is -0.465 e. The summed E-state index contributed by atoms with van der Waals surface area (Å²) in [6, 6.07) is 13.2. The highest BCUT2D eigenvalue weighted by Crippen LogP contribution is 2.33. The minimum atomic E-state index is -1.09. The van der Waals surface area contributed by atoms with Gasteiger partial charge in [-0.15, -0.1) is 0 Å². The number of fused-ring (bicyclic) bond motifs is 1. The molecule has 2 aliphatic heterocycles. The van der Waals surface area contributed by atoms with Crippen molar-refractivity contribution in [3.8, 4) is 12.1 Å². The Morgan fingerprint density at radius 2 is 1.95 bits per heavy atom. The highest BCUT2D eigenvalue weighted by atomic mass is 16.5. The van der Waals surface area contributed by atoms with Gasteiger partial charge in [-0.25, -0.2) is 4.79 Å². The zero-order valence-corrected chi connectivity index (χ0v) is 24.4. The average Bonchev–Trinajstić information content (AvgIpc) is 3.40. The molecule has 2 fully saturated rings. The van der Waals surface area contributed by atoms with Crippen LogP contribution in [0.3, 0.4) is 0 Å². The fourth-order valence-electron chi connectivity index (χ4n) is 5.84. The summed E-state index contributed by atoms with van der Waals surface area (Å²) in [5.74, 6) is -0.269. The lowest BCUT2D eigenvalue weighted by Crippen LogP contribution is -2.55. The van der Waals surface area contributed by atoms with Crippen LogP contribution < -0.4 is 20.7 Å². The maximum absolute atomic E-state index is 13.9. The summed E-state index contributed by atoms with van der Waals surface area (Å²) in [5, 5.41) is 23.8. The topological polar surface area (TPSA) is 161 Å². The van der Waals surface area contributed by atoms with Crippen molar-refractivity contribution in [2.45, 2.75) is 38.3 Å². The van der Waals surface area contributed by atoms with Crippen LogP contribution in [0.1, 0.15) is 42.2 Å². The molecule has 0 spiro atoms. The summed E-state index contributed by atoms with van der Waals surface area (Å²) >= 11 is 0. The van der Waals surface area contributed by atoms with E-state index >= 15 is 0 Å². The second-order valence-corrected chi connectivity index (χ2v) is 11.1. The van der Waals surface area contributed by atoms with E-state index < -0.39 is 18.0 Å². The molecule has 3 heterocycles. The standard InChI is InChI=1S/C31H36N8O4/c1-19(2)23-10-4-7-20-8-5-11-24(25(20)23)34-29(40)27-26(33)28(36-30(35-27)43-18-22-9-6-14-37(22)3)38-15-16-39(31(41)42)21(17-38)12-13-32/h4-5,7-8,10-11,21-22H,1,6,9,12,14-18,33H2,2-3H3,(H,34,40)(H,41,42). The van der Waals surface area contributed by atoms with E-state index in [4.69, 9.17) is 10.5 Å². The monoisotopic (exact) mass is 584 g/mol. The number of likely N-dealkylation sites (N-methyl/N-ethyl adjacent to an activating group) is 1. The predicted octanol–water partition coefficient (Wildman–Crippen LogP) is 4.05. The number of benzene rings is 2. The van der Waals surface area contributed by atoms with Gasteiger partial charge in [0.15, 0.2) is 11.5 Å². The summed E-state index contributed by atoms with van der Waals surface area (Å²) in [5.41, 5.74) is 8.92. The molecule has 2 atom stereocenters. The van der Waals surface area contributed by atoms with Crippen LogP contribution in [0.4, 0.5) is 22.0 Å². The third kappa shape index (κ3) is 6.17. The summed E-state index contributed by atoms with van der Waals surface area (Å²) in [6.45, 7) is 7.93. The first-order chi connectivity index (χ1) is 20.7. The van der Waals surface area contributed by atoms with Crippen molar-refractivity contribution in [3.63, 3.8) is 0 Å². The molecule has 0 radical (unpaired) electrons. The Bertz CT molecular complexity index is 1600.